The molecule has 0 fully saturated rings. The summed E-state index contributed by atoms with van der Waals surface area (Å²) in [5, 5.41) is 5.45. The van der Waals surface area contributed by atoms with Gasteiger partial charge in [0.15, 0.2) is 0 Å². The van der Waals surface area contributed by atoms with Crippen LogP contribution in [0.25, 0.3) is 46.4 Å². The zero-order valence-electron chi connectivity index (χ0n) is 15.5. The maximum absolute atomic E-state index is 2.40. The molecule has 0 radical (unpaired) electrons. The predicted octanol–water partition coefficient (Wildman–Crippen LogP) is 8.63. The minimum Gasteiger partial charge on any atom is -0.134 e. The van der Waals surface area contributed by atoms with E-state index in [1.165, 1.54) is 57.0 Å². The van der Waals surface area contributed by atoms with Gasteiger partial charge in [0.2, 0.25) is 0 Å². The summed E-state index contributed by atoms with van der Waals surface area (Å²) in [4.78, 5) is 0. The molecule has 0 amide bonds. The molecule has 0 saturated heterocycles. The van der Waals surface area contributed by atoms with Crippen molar-refractivity contribution >= 4 is 69.1 Å². The average Bonchev–Trinajstić information content (AvgIpc) is 3.23. The van der Waals surface area contributed by atoms with Crippen molar-refractivity contribution in [2.45, 2.75) is 13.3 Å². The van der Waals surface area contributed by atoms with Crippen LogP contribution in [0.5, 0.6) is 0 Å². The van der Waals surface area contributed by atoms with Crippen LogP contribution in [0.3, 0.4) is 0 Å². The first-order valence-corrected chi connectivity index (χ1v) is 11.2. The molecule has 3 aromatic carbocycles. The van der Waals surface area contributed by atoms with Crippen molar-refractivity contribution in [3.8, 4) is 0 Å². The van der Waals surface area contributed by atoms with Crippen LogP contribution in [0.4, 0.5) is 0 Å². The molecule has 0 bridgehead atoms. The number of aryl methyl sites for hydroxylation is 1. The number of rotatable bonds is 1. The highest BCUT2D eigenvalue weighted by atomic mass is 32.1. The van der Waals surface area contributed by atoms with Crippen LogP contribution >= 0.6 is 22.7 Å². The molecule has 0 spiro atoms. The number of allylic oxidation sites excluding steroid dienone is 5. The van der Waals surface area contributed by atoms with Crippen LogP contribution in [0.15, 0.2) is 78.4 Å². The monoisotopic (exact) mass is 394 g/mol. The van der Waals surface area contributed by atoms with Crippen molar-refractivity contribution < 1.29 is 0 Å². The molecule has 0 unspecified atom stereocenters. The fourth-order valence-corrected chi connectivity index (χ4v) is 6.85. The van der Waals surface area contributed by atoms with Crippen molar-refractivity contribution in [3.63, 3.8) is 0 Å². The fourth-order valence-electron chi connectivity index (χ4n) is 4.10. The van der Waals surface area contributed by atoms with Gasteiger partial charge >= 0.3 is 0 Å². The summed E-state index contributed by atoms with van der Waals surface area (Å²) in [6.07, 6.45) is 12.1. The lowest BCUT2D eigenvalue weighted by atomic mass is 10.0. The fraction of sp³-hybridized carbons (Fsp3) is 0.0769. The standard InChI is InChI=1S/C26H18S2/c1-16-11-23-22(14-20(16)12-17-7-3-2-4-8-17)26-25(27-23)21-13-18-9-5-6-10-19(18)15-24(21)28-26/h2-7,9-15H,8H2,1H3/b17-12-. The largest absolute Gasteiger partial charge is 0.134 e. The average molecular weight is 395 g/mol. The Hall–Kier alpha value is -2.68. The minimum absolute atomic E-state index is 1.02. The molecule has 1 aliphatic rings. The van der Waals surface area contributed by atoms with Crippen LogP contribution in [-0.4, -0.2) is 0 Å². The van der Waals surface area contributed by atoms with Crippen LogP contribution in [0.1, 0.15) is 17.5 Å². The minimum atomic E-state index is 1.02. The zero-order chi connectivity index (χ0) is 18.7. The van der Waals surface area contributed by atoms with Crippen LogP contribution < -0.4 is 0 Å². The van der Waals surface area contributed by atoms with E-state index in [0.717, 1.165) is 6.42 Å². The van der Waals surface area contributed by atoms with Crippen LogP contribution in [0, 0.1) is 6.92 Å². The maximum Gasteiger partial charge on any atom is 0.0542 e. The third kappa shape index (κ3) is 2.49. The molecular formula is C26H18S2. The van der Waals surface area contributed by atoms with Gasteiger partial charge in [0.05, 0.1) is 9.40 Å². The molecule has 6 rings (SSSR count). The van der Waals surface area contributed by atoms with Crippen molar-refractivity contribution in [1.82, 2.24) is 0 Å². The molecule has 2 heteroatoms. The summed E-state index contributed by atoms with van der Waals surface area (Å²) >= 11 is 3.88. The number of fused-ring (bicyclic) bond motifs is 6. The Morgan fingerprint density at radius 1 is 0.821 bits per heavy atom. The zero-order valence-corrected chi connectivity index (χ0v) is 17.2. The summed E-state index contributed by atoms with van der Waals surface area (Å²) in [6.45, 7) is 2.23. The molecule has 0 N–H and O–H groups in total. The van der Waals surface area contributed by atoms with Gasteiger partial charge in [0, 0.05) is 20.2 Å². The van der Waals surface area contributed by atoms with E-state index in [1.54, 1.807) is 0 Å². The lowest BCUT2D eigenvalue weighted by Gasteiger charge is -2.06. The molecule has 134 valence electrons. The van der Waals surface area contributed by atoms with Crippen molar-refractivity contribution in [3.05, 3.63) is 89.5 Å². The Balaban J connectivity index is 1.62. The van der Waals surface area contributed by atoms with Gasteiger partial charge < -0.3 is 0 Å². The van der Waals surface area contributed by atoms with Crippen molar-refractivity contribution in [1.29, 1.82) is 0 Å². The van der Waals surface area contributed by atoms with Gasteiger partial charge in [-0.05, 0) is 65.1 Å². The van der Waals surface area contributed by atoms with Gasteiger partial charge in [-0.1, -0.05) is 54.6 Å². The second kappa shape index (κ2) is 6.16. The Morgan fingerprint density at radius 2 is 1.54 bits per heavy atom. The van der Waals surface area contributed by atoms with E-state index < -0.39 is 0 Å². The van der Waals surface area contributed by atoms with E-state index in [1.807, 2.05) is 22.7 Å². The highest BCUT2D eigenvalue weighted by Gasteiger charge is 2.14. The third-order valence-electron chi connectivity index (χ3n) is 5.59. The smallest absolute Gasteiger partial charge is 0.0542 e. The molecule has 0 saturated carbocycles. The van der Waals surface area contributed by atoms with Gasteiger partial charge in [-0.25, -0.2) is 0 Å². The lowest BCUT2D eigenvalue weighted by Crippen LogP contribution is -1.85. The first-order valence-electron chi connectivity index (χ1n) is 9.58. The van der Waals surface area contributed by atoms with Gasteiger partial charge in [0.1, 0.15) is 0 Å². The van der Waals surface area contributed by atoms with E-state index in [9.17, 15) is 0 Å². The summed E-state index contributed by atoms with van der Waals surface area (Å²) in [7, 11) is 0. The van der Waals surface area contributed by atoms with Crippen LogP contribution in [-0.2, 0) is 0 Å². The van der Waals surface area contributed by atoms with E-state index in [2.05, 4.69) is 85.8 Å². The Bertz CT molecular complexity index is 1490. The third-order valence-corrected chi connectivity index (χ3v) is 8.09. The molecule has 28 heavy (non-hydrogen) atoms. The molecule has 5 aromatic rings. The number of thiophene rings is 2. The summed E-state index contributed by atoms with van der Waals surface area (Å²) < 4.78 is 5.66. The van der Waals surface area contributed by atoms with Gasteiger partial charge in [-0.15, -0.1) is 22.7 Å². The second-order valence-corrected chi connectivity index (χ2v) is 9.58. The Morgan fingerprint density at radius 3 is 2.29 bits per heavy atom. The maximum atomic E-state index is 2.40. The number of hydrogen-bond donors (Lipinski definition) is 0. The first-order chi connectivity index (χ1) is 13.8. The molecular weight excluding hydrogens is 376 g/mol. The summed E-state index contributed by atoms with van der Waals surface area (Å²) in [5.74, 6) is 0. The lowest BCUT2D eigenvalue weighted by molar-refractivity contribution is 1.28. The molecule has 0 atom stereocenters. The highest BCUT2D eigenvalue weighted by Crippen LogP contribution is 2.46. The summed E-state index contributed by atoms with van der Waals surface area (Å²) in [6, 6.07) is 18.2. The number of hydrogen-bond acceptors (Lipinski definition) is 2. The summed E-state index contributed by atoms with van der Waals surface area (Å²) in [5.41, 5.74) is 4.07. The van der Waals surface area contributed by atoms with Gasteiger partial charge in [-0.2, -0.15) is 0 Å². The van der Waals surface area contributed by atoms with Crippen molar-refractivity contribution in [2.24, 2.45) is 0 Å². The van der Waals surface area contributed by atoms with Crippen molar-refractivity contribution in [2.75, 3.05) is 0 Å². The Kier molecular flexibility index (Phi) is 3.59. The molecule has 2 heterocycles. The first kappa shape index (κ1) is 16.3. The molecule has 0 aliphatic heterocycles. The SMILES string of the molecule is Cc1cc2sc3c4cc5ccccc5cc4sc3c2cc1/C=C1/C=CC=CC1. The normalized spacial score (nSPS) is 15.7. The molecule has 2 aromatic heterocycles. The number of benzene rings is 3. The van der Waals surface area contributed by atoms with Gasteiger partial charge in [-0.3, -0.25) is 0 Å². The van der Waals surface area contributed by atoms with E-state index in [4.69, 9.17) is 0 Å². The molecule has 0 nitrogen and oxygen atoms in total. The van der Waals surface area contributed by atoms with Crippen LogP contribution in [0.2, 0.25) is 0 Å². The van der Waals surface area contributed by atoms with E-state index in [-0.39, 0.29) is 0 Å². The van der Waals surface area contributed by atoms with E-state index >= 15 is 0 Å². The van der Waals surface area contributed by atoms with E-state index in [0.29, 0.717) is 0 Å². The topological polar surface area (TPSA) is 0 Å². The van der Waals surface area contributed by atoms with Gasteiger partial charge in [0.25, 0.3) is 0 Å². The molecule has 1 aliphatic carbocycles. The highest BCUT2D eigenvalue weighted by molar-refractivity contribution is 7.36. The quantitative estimate of drug-likeness (QED) is 0.267. The predicted molar refractivity (Wildman–Crippen MR) is 128 cm³/mol. The second-order valence-electron chi connectivity index (χ2n) is 7.47. The Labute approximate surface area is 171 Å².